The average molecular weight is 390 g/mol. The first kappa shape index (κ1) is 21.6. The van der Waals surface area contributed by atoms with Crippen LogP contribution in [0.5, 0.6) is 0 Å². The zero-order chi connectivity index (χ0) is 20.8. The molecule has 0 fully saturated rings. The van der Waals surface area contributed by atoms with Gasteiger partial charge in [-0.05, 0) is 31.4 Å². The maximum Gasteiger partial charge on any atom is 0.330 e. The fourth-order valence-corrected chi connectivity index (χ4v) is 2.97. The number of rotatable bonds is 9. The monoisotopic (exact) mass is 390 g/mol. The van der Waals surface area contributed by atoms with E-state index in [0.717, 1.165) is 4.90 Å². The number of methoxy groups -OCH3 is 1. The molecular weight excluding hydrogens is 364 g/mol. The molecule has 0 aliphatic carbocycles. The Balaban J connectivity index is 2.16. The highest BCUT2D eigenvalue weighted by Crippen LogP contribution is 2.27. The van der Waals surface area contributed by atoms with Crippen LogP contribution in [-0.2, 0) is 19.1 Å². The second-order valence-corrected chi connectivity index (χ2v) is 7.03. The quantitative estimate of drug-likeness (QED) is 0.388. The number of nitrogens with one attached hydrogen (secondary N) is 1. The van der Waals surface area contributed by atoms with Gasteiger partial charge in [-0.2, -0.15) is 0 Å². The first-order valence-electron chi connectivity index (χ1n) is 9.22. The van der Waals surface area contributed by atoms with Crippen molar-refractivity contribution < 1.29 is 28.7 Å². The summed E-state index contributed by atoms with van der Waals surface area (Å²) in [6.07, 6.45) is -0.823. The summed E-state index contributed by atoms with van der Waals surface area (Å²) in [6, 6.07) is 5.34. The summed E-state index contributed by atoms with van der Waals surface area (Å²) < 4.78 is 10.1. The van der Waals surface area contributed by atoms with Crippen LogP contribution < -0.4 is 5.32 Å². The van der Waals surface area contributed by atoms with Crippen LogP contribution in [0.1, 0.15) is 47.9 Å². The van der Waals surface area contributed by atoms with E-state index >= 15 is 0 Å². The van der Waals surface area contributed by atoms with Gasteiger partial charge in [0.1, 0.15) is 6.04 Å². The molecule has 3 amide bonds. The smallest absolute Gasteiger partial charge is 0.330 e. The summed E-state index contributed by atoms with van der Waals surface area (Å²) in [6.45, 7) is 5.80. The largest absolute Gasteiger partial charge is 0.451 e. The molecule has 152 valence electrons. The molecule has 2 atom stereocenters. The standard InChI is InChI=1S/C20H26N2O6/c1-12(2)11-16(20(26)28-13(3)17(23)21-9-10-27-4)22-18(24)14-7-5-6-8-15(14)19(22)25/h5-8,12-13,16H,9-11H2,1-4H3,(H,21,23)/t13-,16-/m1/s1. The van der Waals surface area contributed by atoms with Gasteiger partial charge in [-0.15, -0.1) is 0 Å². The number of esters is 1. The van der Waals surface area contributed by atoms with Gasteiger partial charge in [0.25, 0.3) is 17.7 Å². The molecule has 1 N–H and O–H groups in total. The van der Waals surface area contributed by atoms with Crippen LogP contribution in [0, 0.1) is 5.92 Å². The number of ether oxygens (including phenoxy) is 2. The lowest BCUT2D eigenvalue weighted by molar-refractivity contribution is -0.159. The second-order valence-electron chi connectivity index (χ2n) is 7.03. The van der Waals surface area contributed by atoms with Crippen molar-refractivity contribution in [3.8, 4) is 0 Å². The summed E-state index contributed by atoms with van der Waals surface area (Å²) in [7, 11) is 1.51. The summed E-state index contributed by atoms with van der Waals surface area (Å²) >= 11 is 0. The Hall–Kier alpha value is -2.74. The van der Waals surface area contributed by atoms with Gasteiger partial charge < -0.3 is 14.8 Å². The van der Waals surface area contributed by atoms with Crippen LogP contribution in [0.4, 0.5) is 0 Å². The first-order chi connectivity index (χ1) is 13.3. The Morgan fingerprint density at radius 1 is 1.07 bits per heavy atom. The van der Waals surface area contributed by atoms with Gasteiger partial charge in [0, 0.05) is 13.7 Å². The van der Waals surface area contributed by atoms with Gasteiger partial charge in [-0.3, -0.25) is 19.3 Å². The Labute approximate surface area is 164 Å². The van der Waals surface area contributed by atoms with Crippen molar-refractivity contribution in [2.24, 2.45) is 5.92 Å². The Bertz CT molecular complexity index is 726. The SMILES string of the molecule is COCCNC(=O)[C@@H](C)OC(=O)[C@@H](CC(C)C)N1C(=O)c2ccccc2C1=O. The van der Waals surface area contributed by atoms with Crippen LogP contribution in [0.3, 0.4) is 0 Å². The molecule has 28 heavy (non-hydrogen) atoms. The minimum atomic E-state index is -1.10. The van der Waals surface area contributed by atoms with E-state index in [4.69, 9.17) is 9.47 Å². The number of imide groups is 1. The molecular formula is C20H26N2O6. The molecule has 1 aromatic carbocycles. The third kappa shape index (κ3) is 4.75. The molecule has 0 saturated heterocycles. The summed E-state index contributed by atoms with van der Waals surface area (Å²) in [5.74, 6) is -2.29. The first-order valence-corrected chi connectivity index (χ1v) is 9.22. The van der Waals surface area contributed by atoms with Crippen LogP contribution >= 0.6 is 0 Å². The lowest BCUT2D eigenvalue weighted by Gasteiger charge is -2.27. The average Bonchev–Trinajstić information content (AvgIpc) is 2.90. The van der Waals surface area contributed by atoms with E-state index in [9.17, 15) is 19.2 Å². The molecule has 0 radical (unpaired) electrons. The highest BCUT2D eigenvalue weighted by molar-refractivity contribution is 6.22. The number of amides is 3. The van der Waals surface area contributed by atoms with E-state index in [1.165, 1.54) is 14.0 Å². The van der Waals surface area contributed by atoms with E-state index in [0.29, 0.717) is 6.61 Å². The van der Waals surface area contributed by atoms with Crippen LogP contribution in [0.2, 0.25) is 0 Å². The summed E-state index contributed by atoms with van der Waals surface area (Å²) in [5.41, 5.74) is 0.527. The van der Waals surface area contributed by atoms with Crippen molar-refractivity contribution in [3.05, 3.63) is 35.4 Å². The van der Waals surface area contributed by atoms with E-state index in [1.54, 1.807) is 24.3 Å². The molecule has 1 aromatic rings. The van der Waals surface area contributed by atoms with Gasteiger partial charge in [0.2, 0.25) is 0 Å². The van der Waals surface area contributed by atoms with Gasteiger partial charge in [0.05, 0.1) is 17.7 Å². The third-order valence-electron chi connectivity index (χ3n) is 4.37. The molecule has 0 aromatic heterocycles. The zero-order valence-electron chi connectivity index (χ0n) is 16.6. The molecule has 0 saturated carbocycles. The topological polar surface area (TPSA) is 102 Å². The number of nitrogens with zero attached hydrogens (tertiary/aromatic N) is 1. The Morgan fingerprint density at radius 2 is 1.64 bits per heavy atom. The zero-order valence-corrected chi connectivity index (χ0v) is 16.6. The van der Waals surface area contributed by atoms with Crippen molar-refractivity contribution in [2.75, 3.05) is 20.3 Å². The number of carbonyl (C=O) groups is 4. The summed E-state index contributed by atoms with van der Waals surface area (Å²) in [4.78, 5) is 51.2. The van der Waals surface area contributed by atoms with Crippen molar-refractivity contribution in [1.29, 1.82) is 0 Å². The highest BCUT2D eigenvalue weighted by atomic mass is 16.5. The van der Waals surface area contributed by atoms with Crippen molar-refractivity contribution in [3.63, 3.8) is 0 Å². The molecule has 1 aliphatic rings. The molecule has 1 aliphatic heterocycles. The van der Waals surface area contributed by atoms with Gasteiger partial charge >= 0.3 is 5.97 Å². The maximum atomic E-state index is 12.8. The van der Waals surface area contributed by atoms with E-state index in [-0.39, 0.29) is 30.0 Å². The Morgan fingerprint density at radius 3 is 2.14 bits per heavy atom. The molecule has 0 bridgehead atoms. The summed E-state index contributed by atoms with van der Waals surface area (Å²) in [5, 5.41) is 2.58. The Kier molecular flexibility index (Phi) is 7.28. The molecule has 2 rings (SSSR count). The highest BCUT2D eigenvalue weighted by Gasteiger charge is 2.44. The van der Waals surface area contributed by atoms with Crippen LogP contribution in [-0.4, -0.2) is 61.0 Å². The fraction of sp³-hybridized carbons (Fsp3) is 0.500. The third-order valence-corrected chi connectivity index (χ3v) is 4.37. The van der Waals surface area contributed by atoms with Gasteiger partial charge in [-0.25, -0.2) is 4.79 Å². The predicted molar refractivity (Wildman–Crippen MR) is 101 cm³/mol. The van der Waals surface area contributed by atoms with Crippen molar-refractivity contribution >= 4 is 23.7 Å². The van der Waals surface area contributed by atoms with Crippen LogP contribution in [0.25, 0.3) is 0 Å². The minimum Gasteiger partial charge on any atom is -0.451 e. The second kappa shape index (κ2) is 9.45. The molecule has 0 spiro atoms. The minimum absolute atomic E-state index is 0.0210. The number of hydrogen-bond donors (Lipinski definition) is 1. The predicted octanol–water partition coefficient (Wildman–Crippen LogP) is 1.39. The van der Waals surface area contributed by atoms with E-state index in [1.807, 2.05) is 13.8 Å². The van der Waals surface area contributed by atoms with E-state index < -0.39 is 35.8 Å². The van der Waals surface area contributed by atoms with Crippen LogP contribution in [0.15, 0.2) is 24.3 Å². The lowest BCUT2D eigenvalue weighted by Crippen LogP contribution is -2.48. The van der Waals surface area contributed by atoms with Crippen molar-refractivity contribution in [2.45, 2.75) is 39.3 Å². The molecule has 8 nitrogen and oxygen atoms in total. The normalized spacial score (nSPS) is 15.4. The maximum absolute atomic E-state index is 12.8. The van der Waals surface area contributed by atoms with Gasteiger partial charge in [0.15, 0.2) is 6.10 Å². The molecule has 1 heterocycles. The van der Waals surface area contributed by atoms with Gasteiger partial charge in [-0.1, -0.05) is 26.0 Å². The number of fused-ring (bicyclic) bond motifs is 1. The number of benzene rings is 1. The molecule has 8 heteroatoms. The van der Waals surface area contributed by atoms with E-state index in [2.05, 4.69) is 5.32 Å². The number of carbonyl (C=O) groups excluding carboxylic acids is 4. The molecule has 0 unspecified atom stereocenters. The number of hydrogen-bond acceptors (Lipinski definition) is 6. The van der Waals surface area contributed by atoms with Crippen molar-refractivity contribution in [1.82, 2.24) is 10.2 Å². The fourth-order valence-electron chi connectivity index (χ4n) is 2.97. The lowest BCUT2D eigenvalue weighted by atomic mass is 10.0.